The second-order valence-electron chi connectivity index (χ2n) is 4.04. The molecule has 0 saturated heterocycles. The molecule has 2 rings (SSSR count). The Morgan fingerprint density at radius 2 is 2.21 bits per heavy atom. The van der Waals surface area contributed by atoms with Gasteiger partial charge in [0.1, 0.15) is 5.75 Å². The van der Waals surface area contributed by atoms with E-state index in [-0.39, 0.29) is 6.04 Å². The molecule has 0 fully saturated rings. The molecule has 0 aliphatic heterocycles. The predicted octanol–water partition coefficient (Wildman–Crippen LogP) is 2.12. The van der Waals surface area contributed by atoms with Crippen molar-refractivity contribution in [2.45, 2.75) is 19.5 Å². The lowest BCUT2D eigenvalue weighted by Crippen LogP contribution is -2.31. The number of halogens is 1. The van der Waals surface area contributed by atoms with Crippen LogP contribution in [0.1, 0.15) is 24.2 Å². The van der Waals surface area contributed by atoms with Crippen molar-refractivity contribution >= 4 is 11.6 Å². The van der Waals surface area contributed by atoms with Crippen molar-refractivity contribution in [2.75, 3.05) is 7.11 Å². The zero-order chi connectivity index (χ0) is 13.8. The SMILES string of the molecule is CCn1ncc(Cl)c1C(NN)c1ccccc1OC. The van der Waals surface area contributed by atoms with Crippen LogP contribution in [0.15, 0.2) is 30.5 Å². The van der Waals surface area contributed by atoms with Crippen molar-refractivity contribution in [1.29, 1.82) is 0 Å². The van der Waals surface area contributed by atoms with E-state index in [1.165, 1.54) is 0 Å². The standard InChI is InChI=1S/C13H17ClN4O/c1-3-18-13(10(14)8-16-18)12(17-15)9-6-4-5-7-11(9)19-2/h4-8,12,17H,3,15H2,1-2H3. The van der Waals surface area contributed by atoms with E-state index in [1.54, 1.807) is 13.3 Å². The maximum absolute atomic E-state index is 6.22. The molecule has 1 heterocycles. The number of aromatic nitrogens is 2. The number of nitrogens with zero attached hydrogens (tertiary/aromatic N) is 2. The molecule has 19 heavy (non-hydrogen) atoms. The number of para-hydroxylation sites is 1. The minimum absolute atomic E-state index is 0.272. The van der Waals surface area contributed by atoms with Crippen LogP contribution in [0.4, 0.5) is 0 Å². The van der Waals surface area contributed by atoms with Gasteiger partial charge in [-0.05, 0) is 13.0 Å². The highest BCUT2D eigenvalue weighted by atomic mass is 35.5. The summed E-state index contributed by atoms with van der Waals surface area (Å²) in [5.41, 5.74) is 4.54. The molecule has 2 aromatic rings. The van der Waals surface area contributed by atoms with Crippen molar-refractivity contribution < 1.29 is 4.74 Å². The Kier molecular flexibility index (Phi) is 4.42. The fourth-order valence-corrected chi connectivity index (χ4v) is 2.38. The molecule has 1 atom stereocenters. The average Bonchev–Trinajstić information content (AvgIpc) is 2.82. The number of hydrazine groups is 1. The summed E-state index contributed by atoms with van der Waals surface area (Å²) < 4.78 is 7.19. The van der Waals surface area contributed by atoms with Crippen molar-refractivity contribution in [3.8, 4) is 5.75 Å². The number of hydrogen-bond donors (Lipinski definition) is 2. The molecule has 0 saturated carbocycles. The second-order valence-corrected chi connectivity index (χ2v) is 4.44. The van der Waals surface area contributed by atoms with Gasteiger partial charge in [0.05, 0.1) is 30.1 Å². The lowest BCUT2D eigenvalue weighted by atomic mass is 10.0. The molecule has 5 nitrogen and oxygen atoms in total. The van der Waals surface area contributed by atoms with E-state index in [2.05, 4.69) is 10.5 Å². The predicted molar refractivity (Wildman–Crippen MR) is 75.1 cm³/mol. The van der Waals surface area contributed by atoms with Crippen molar-refractivity contribution in [3.05, 3.63) is 46.7 Å². The molecule has 0 amide bonds. The summed E-state index contributed by atoms with van der Waals surface area (Å²) in [6, 6.07) is 7.41. The summed E-state index contributed by atoms with van der Waals surface area (Å²) in [4.78, 5) is 0. The number of nitrogens with two attached hydrogens (primary N) is 1. The summed E-state index contributed by atoms with van der Waals surface area (Å²) in [7, 11) is 1.63. The van der Waals surface area contributed by atoms with Crippen molar-refractivity contribution in [1.82, 2.24) is 15.2 Å². The lowest BCUT2D eigenvalue weighted by molar-refractivity contribution is 0.402. The summed E-state index contributed by atoms with van der Waals surface area (Å²) in [5.74, 6) is 6.46. The molecule has 0 spiro atoms. The Hall–Kier alpha value is -1.56. The van der Waals surface area contributed by atoms with Gasteiger partial charge in [-0.3, -0.25) is 10.5 Å². The highest BCUT2D eigenvalue weighted by Gasteiger charge is 2.23. The normalized spacial score (nSPS) is 12.4. The van der Waals surface area contributed by atoms with E-state index in [1.807, 2.05) is 35.9 Å². The Morgan fingerprint density at radius 1 is 1.47 bits per heavy atom. The highest BCUT2D eigenvalue weighted by molar-refractivity contribution is 6.31. The zero-order valence-electron chi connectivity index (χ0n) is 10.9. The number of benzene rings is 1. The molecule has 0 aliphatic carbocycles. The number of nitrogens with one attached hydrogen (secondary N) is 1. The lowest BCUT2D eigenvalue weighted by Gasteiger charge is -2.20. The average molecular weight is 281 g/mol. The van der Waals surface area contributed by atoms with Gasteiger partial charge in [-0.2, -0.15) is 5.10 Å². The van der Waals surface area contributed by atoms with Gasteiger partial charge < -0.3 is 4.74 Å². The van der Waals surface area contributed by atoms with Crippen LogP contribution in [0.5, 0.6) is 5.75 Å². The second kappa shape index (κ2) is 6.06. The fraction of sp³-hybridized carbons (Fsp3) is 0.308. The van der Waals surface area contributed by atoms with Gasteiger partial charge in [0.2, 0.25) is 0 Å². The van der Waals surface area contributed by atoms with E-state index in [0.717, 1.165) is 23.6 Å². The first-order chi connectivity index (χ1) is 9.22. The topological polar surface area (TPSA) is 65.1 Å². The fourth-order valence-electron chi connectivity index (χ4n) is 2.13. The van der Waals surface area contributed by atoms with Gasteiger partial charge in [0.15, 0.2) is 0 Å². The van der Waals surface area contributed by atoms with Gasteiger partial charge in [-0.1, -0.05) is 29.8 Å². The Bertz CT molecular complexity index is 555. The van der Waals surface area contributed by atoms with E-state index in [4.69, 9.17) is 22.2 Å². The third-order valence-corrected chi connectivity index (χ3v) is 3.31. The van der Waals surface area contributed by atoms with Crippen molar-refractivity contribution in [3.63, 3.8) is 0 Å². The van der Waals surface area contributed by atoms with Gasteiger partial charge in [0.25, 0.3) is 0 Å². The minimum Gasteiger partial charge on any atom is -0.496 e. The molecule has 0 radical (unpaired) electrons. The van der Waals surface area contributed by atoms with Crippen LogP contribution in [0.25, 0.3) is 0 Å². The Balaban J connectivity index is 2.53. The van der Waals surface area contributed by atoms with Crippen LogP contribution < -0.4 is 16.0 Å². The van der Waals surface area contributed by atoms with Crippen LogP contribution in [-0.2, 0) is 6.54 Å². The molecule has 0 bridgehead atoms. The van der Waals surface area contributed by atoms with E-state index < -0.39 is 0 Å². The Morgan fingerprint density at radius 3 is 2.84 bits per heavy atom. The largest absolute Gasteiger partial charge is 0.496 e. The number of rotatable bonds is 5. The molecule has 1 aromatic heterocycles. The molecule has 1 unspecified atom stereocenters. The van der Waals surface area contributed by atoms with Crippen molar-refractivity contribution in [2.24, 2.45) is 5.84 Å². The molecule has 3 N–H and O–H groups in total. The number of methoxy groups -OCH3 is 1. The number of hydrogen-bond acceptors (Lipinski definition) is 4. The maximum Gasteiger partial charge on any atom is 0.124 e. The van der Waals surface area contributed by atoms with Crippen LogP contribution in [0, 0.1) is 0 Å². The van der Waals surface area contributed by atoms with E-state index in [0.29, 0.717) is 5.02 Å². The summed E-state index contributed by atoms with van der Waals surface area (Å²) in [5, 5.41) is 4.81. The minimum atomic E-state index is -0.272. The monoisotopic (exact) mass is 280 g/mol. The molecular formula is C13H17ClN4O. The maximum atomic E-state index is 6.22. The molecular weight excluding hydrogens is 264 g/mol. The third kappa shape index (κ3) is 2.58. The Labute approximate surface area is 117 Å². The van der Waals surface area contributed by atoms with Gasteiger partial charge in [0, 0.05) is 12.1 Å². The molecule has 102 valence electrons. The van der Waals surface area contributed by atoms with Crippen LogP contribution >= 0.6 is 11.6 Å². The van der Waals surface area contributed by atoms with Crippen LogP contribution in [0.3, 0.4) is 0 Å². The first-order valence-corrected chi connectivity index (χ1v) is 6.41. The third-order valence-electron chi connectivity index (χ3n) is 3.02. The van der Waals surface area contributed by atoms with Crippen LogP contribution in [0.2, 0.25) is 5.02 Å². The van der Waals surface area contributed by atoms with Gasteiger partial charge in [-0.15, -0.1) is 0 Å². The zero-order valence-corrected chi connectivity index (χ0v) is 11.7. The number of aryl methyl sites for hydroxylation is 1. The highest BCUT2D eigenvalue weighted by Crippen LogP contribution is 2.32. The summed E-state index contributed by atoms with van der Waals surface area (Å²) in [6.07, 6.45) is 1.63. The van der Waals surface area contributed by atoms with E-state index in [9.17, 15) is 0 Å². The summed E-state index contributed by atoms with van der Waals surface area (Å²) >= 11 is 6.22. The quantitative estimate of drug-likeness (QED) is 0.650. The van der Waals surface area contributed by atoms with E-state index >= 15 is 0 Å². The number of ether oxygens (including phenoxy) is 1. The molecule has 6 heteroatoms. The van der Waals surface area contributed by atoms with Gasteiger partial charge >= 0.3 is 0 Å². The van der Waals surface area contributed by atoms with Crippen LogP contribution in [-0.4, -0.2) is 16.9 Å². The molecule has 1 aromatic carbocycles. The molecule has 0 aliphatic rings. The first-order valence-electron chi connectivity index (χ1n) is 6.03. The van der Waals surface area contributed by atoms with Gasteiger partial charge in [-0.25, -0.2) is 5.43 Å². The summed E-state index contributed by atoms with van der Waals surface area (Å²) in [6.45, 7) is 2.72. The smallest absolute Gasteiger partial charge is 0.124 e. The first kappa shape index (κ1) is 13.9.